The monoisotopic (exact) mass is 190 g/mol. The fourth-order valence-corrected chi connectivity index (χ4v) is 3.21. The molecule has 14 heavy (non-hydrogen) atoms. The van der Waals surface area contributed by atoms with Gasteiger partial charge in [-0.2, -0.15) is 0 Å². The third kappa shape index (κ3) is 0.704. The van der Waals surface area contributed by atoms with Crippen LogP contribution in [0.4, 0.5) is 0 Å². The van der Waals surface area contributed by atoms with Gasteiger partial charge in [-0.3, -0.25) is 0 Å². The predicted molar refractivity (Wildman–Crippen MR) is 50.7 cm³/mol. The van der Waals surface area contributed by atoms with Gasteiger partial charge in [0.15, 0.2) is 0 Å². The van der Waals surface area contributed by atoms with E-state index in [1.165, 1.54) is 30.7 Å². The van der Waals surface area contributed by atoms with Gasteiger partial charge >= 0.3 is 0 Å². The van der Waals surface area contributed by atoms with Gasteiger partial charge in [-0.05, 0) is 25.2 Å². The first kappa shape index (κ1) is 7.40. The molecule has 1 N–H and O–H groups in total. The fraction of sp³-hybridized carbons (Fsp3) is 0.800. The summed E-state index contributed by atoms with van der Waals surface area (Å²) in [7, 11) is 0. The SMILES string of the molecule is C1Cc2c(nnn2C23CC(C2)C3)CN1. The summed E-state index contributed by atoms with van der Waals surface area (Å²) >= 11 is 0. The Morgan fingerprint density at radius 1 is 1.36 bits per heavy atom. The molecule has 3 fully saturated rings. The summed E-state index contributed by atoms with van der Waals surface area (Å²) < 4.78 is 2.25. The number of hydrogen-bond donors (Lipinski definition) is 1. The van der Waals surface area contributed by atoms with Gasteiger partial charge in [0.25, 0.3) is 0 Å². The topological polar surface area (TPSA) is 42.7 Å². The first-order chi connectivity index (χ1) is 6.87. The molecule has 0 saturated heterocycles. The Morgan fingerprint density at radius 2 is 2.21 bits per heavy atom. The Bertz CT molecular complexity index is 378. The number of aromatic nitrogens is 3. The third-order valence-electron chi connectivity index (χ3n) is 4.13. The van der Waals surface area contributed by atoms with Gasteiger partial charge in [0.1, 0.15) is 0 Å². The Labute approximate surface area is 82.7 Å². The van der Waals surface area contributed by atoms with E-state index in [2.05, 4.69) is 20.3 Å². The Balaban J connectivity index is 1.80. The zero-order valence-corrected chi connectivity index (χ0v) is 8.16. The van der Waals surface area contributed by atoms with Crippen LogP contribution in [0.5, 0.6) is 0 Å². The number of nitrogens with zero attached hydrogens (tertiary/aromatic N) is 3. The Kier molecular flexibility index (Phi) is 1.16. The second kappa shape index (κ2) is 2.19. The van der Waals surface area contributed by atoms with Crippen LogP contribution in [-0.4, -0.2) is 21.5 Å². The molecule has 0 spiro atoms. The third-order valence-corrected chi connectivity index (χ3v) is 4.13. The molecule has 2 bridgehead atoms. The largest absolute Gasteiger partial charge is 0.311 e. The summed E-state index contributed by atoms with van der Waals surface area (Å²) in [5, 5.41) is 12.0. The van der Waals surface area contributed by atoms with Crippen molar-refractivity contribution in [2.24, 2.45) is 5.92 Å². The van der Waals surface area contributed by atoms with Crippen molar-refractivity contribution in [3.05, 3.63) is 11.4 Å². The second-order valence-corrected chi connectivity index (χ2v) is 5.02. The molecule has 2 heterocycles. The van der Waals surface area contributed by atoms with Gasteiger partial charge in [-0.1, -0.05) is 5.21 Å². The van der Waals surface area contributed by atoms with E-state index in [1.54, 1.807) is 0 Å². The second-order valence-electron chi connectivity index (χ2n) is 5.02. The molecular formula is C10H14N4. The van der Waals surface area contributed by atoms with Crippen LogP contribution in [0.3, 0.4) is 0 Å². The lowest BCUT2D eigenvalue weighted by molar-refractivity contribution is -0.101. The lowest BCUT2D eigenvalue weighted by atomic mass is 9.50. The van der Waals surface area contributed by atoms with E-state index < -0.39 is 0 Å². The smallest absolute Gasteiger partial charge is 0.0997 e. The van der Waals surface area contributed by atoms with E-state index in [-0.39, 0.29) is 0 Å². The summed E-state index contributed by atoms with van der Waals surface area (Å²) in [6.45, 7) is 1.99. The van der Waals surface area contributed by atoms with E-state index in [9.17, 15) is 0 Å². The van der Waals surface area contributed by atoms with Crippen molar-refractivity contribution in [3.8, 4) is 0 Å². The highest BCUT2D eigenvalue weighted by atomic mass is 15.5. The number of rotatable bonds is 1. The van der Waals surface area contributed by atoms with Crippen molar-refractivity contribution in [2.45, 2.75) is 37.8 Å². The normalized spacial score (nSPS) is 38.4. The zero-order valence-electron chi connectivity index (χ0n) is 8.16. The molecule has 4 heteroatoms. The van der Waals surface area contributed by atoms with Crippen LogP contribution < -0.4 is 5.32 Å². The van der Waals surface area contributed by atoms with Gasteiger partial charge in [-0.15, -0.1) is 5.10 Å². The minimum atomic E-state index is 0.419. The lowest BCUT2D eigenvalue weighted by Crippen LogP contribution is -2.60. The highest BCUT2D eigenvalue weighted by Crippen LogP contribution is 2.62. The van der Waals surface area contributed by atoms with Crippen molar-refractivity contribution in [2.75, 3.05) is 6.54 Å². The molecule has 1 aromatic heterocycles. The minimum absolute atomic E-state index is 0.419. The van der Waals surface area contributed by atoms with Crippen LogP contribution in [0.15, 0.2) is 0 Å². The number of nitrogens with one attached hydrogen (secondary N) is 1. The van der Waals surface area contributed by atoms with Gasteiger partial charge in [0, 0.05) is 19.5 Å². The zero-order chi connectivity index (χ0) is 9.17. The van der Waals surface area contributed by atoms with Crippen molar-refractivity contribution in [1.82, 2.24) is 20.3 Å². The van der Waals surface area contributed by atoms with Crippen LogP contribution in [-0.2, 0) is 18.5 Å². The molecule has 0 amide bonds. The van der Waals surface area contributed by atoms with Crippen LogP contribution in [0.2, 0.25) is 0 Å². The first-order valence-corrected chi connectivity index (χ1v) is 5.52. The van der Waals surface area contributed by atoms with Crippen molar-refractivity contribution < 1.29 is 0 Å². The molecule has 5 rings (SSSR count). The average molecular weight is 190 g/mol. The van der Waals surface area contributed by atoms with Crippen LogP contribution >= 0.6 is 0 Å². The number of fused-ring (bicyclic) bond motifs is 1. The average Bonchev–Trinajstić information content (AvgIpc) is 2.45. The molecular weight excluding hydrogens is 176 g/mol. The predicted octanol–water partition coefficient (Wildman–Crippen LogP) is 0.433. The number of hydrogen-bond acceptors (Lipinski definition) is 3. The summed E-state index contributed by atoms with van der Waals surface area (Å²) in [6.07, 6.45) is 5.18. The van der Waals surface area contributed by atoms with Crippen molar-refractivity contribution in [3.63, 3.8) is 0 Å². The van der Waals surface area contributed by atoms with Gasteiger partial charge in [0.05, 0.1) is 16.9 Å². The summed E-state index contributed by atoms with van der Waals surface area (Å²) in [6, 6.07) is 0. The van der Waals surface area contributed by atoms with Crippen molar-refractivity contribution >= 4 is 0 Å². The van der Waals surface area contributed by atoms with Gasteiger partial charge in [0.2, 0.25) is 0 Å². The molecule has 0 atom stereocenters. The maximum atomic E-state index is 4.36. The van der Waals surface area contributed by atoms with E-state index in [0.29, 0.717) is 5.54 Å². The fourth-order valence-electron chi connectivity index (χ4n) is 3.21. The van der Waals surface area contributed by atoms with Gasteiger partial charge < -0.3 is 5.32 Å². The molecule has 0 unspecified atom stereocenters. The summed E-state index contributed by atoms with van der Waals surface area (Å²) in [5.74, 6) is 1.01. The molecule has 0 aromatic carbocycles. The van der Waals surface area contributed by atoms with Crippen LogP contribution in [0, 0.1) is 5.92 Å². The lowest BCUT2D eigenvalue weighted by Gasteiger charge is -2.61. The highest BCUT2D eigenvalue weighted by molar-refractivity contribution is 5.21. The molecule has 4 aliphatic rings. The molecule has 74 valence electrons. The van der Waals surface area contributed by atoms with E-state index in [0.717, 1.165) is 25.4 Å². The molecule has 1 aliphatic heterocycles. The summed E-state index contributed by atoms with van der Waals surface area (Å²) in [5.41, 5.74) is 3.01. The summed E-state index contributed by atoms with van der Waals surface area (Å²) in [4.78, 5) is 0. The van der Waals surface area contributed by atoms with Crippen molar-refractivity contribution in [1.29, 1.82) is 0 Å². The van der Waals surface area contributed by atoms with Crippen LogP contribution in [0.1, 0.15) is 30.7 Å². The van der Waals surface area contributed by atoms with E-state index in [4.69, 9.17) is 0 Å². The minimum Gasteiger partial charge on any atom is -0.311 e. The molecule has 3 saturated carbocycles. The van der Waals surface area contributed by atoms with E-state index in [1.807, 2.05) is 0 Å². The molecule has 0 radical (unpaired) electrons. The van der Waals surface area contributed by atoms with Gasteiger partial charge in [-0.25, -0.2) is 4.68 Å². The highest BCUT2D eigenvalue weighted by Gasteiger charge is 2.59. The maximum absolute atomic E-state index is 4.36. The molecule has 4 nitrogen and oxygen atoms in total. The standard InChI is InChI=1S/C10H14N4/c1-2-11-6-8-9(1)14(13-12-8)10-3-7(4-10)5-10/h7,11H,1-6H2. The maximum Gasteiger partial charge on any atom is 0.0997 e. The first-order valence-electron chi connectivity index (χ1n) is 5.52. The van der Waals surface area contributed by atoms with Crippen LogP contribution in [0.25, 0.3) is 0 Å². The van der Waals surface area contributed by atoms with E-state index >= 15 is 0 Å². The quantitative estimate of drug-likeness (QED) is 0.698. The Hall–Kier alpha value is -0.900. The Morgan fingerprint density at radius 3 is 2.93 bits per heavy atom. The molecule has 1 aromatic rings. The molecule has 3 aliphatic carbocycles.